The van der Waals surface area contributed by atoms with E-state index in [2.05, 4.69) is 10.1 Å². The predicted molar refractivity (Wildman–Crippen MR) is 68.0 cm³/mol. The molecule has 0 aromatic carbocycles. The third kappa shape index (κ3) is 2.11. The molecule has 0 saturated carbocycles. The van der Waals surface area contributed by atoms with Crippen LogP contribution in [-0.4, -0.2) is 32.0 Å². The lowest BCUT2D eigenvalue weighted by Gasteiger charge is -2.09. The third-order valence-corrected chi connectivity index (χ3v) is 2.78. The lowest BCUT2D eigenvalue weighted by Crippen LogP contribution is -2.20. The minimum absolute atomic E-state index is 0.124. The fourth-order valence-corrected chi connectivity index (χ4v) is 1.84. The van der Waals surface area contributed by atoms with Crippen LogP contribution in [-0.2, 0) is 6.54 Å². The van der Waals surface area contributed by atoms with Crippen LogP contribution in [0, 0.1) is 5.82 Å². The van der Waals surface area contributed by atoms with Gasteiger partial charge in [-0.25, -0.2) is 14.2 Å². The molecule has 20 heavy (non-hydrogen) atoms. The molecule has 104 valence electrons. The summed E-state index contributed by atoms with van der Waals surface area (Å²) in [5, 5.41) is 20.0. The van der Waals surface area contributed by atoms with E-state index in [0.29, 0.717) is 6.54 Å². The number of aromatic nitrogens is 2. The molecule has 0 aliphatic heterocycles. The molecule has 2 rings (SSSR count). The van der Waals surface area contributed by atoms with Gasteiger partial charge in [-0.1, -0.05) is 5.16 Å². The number of aryl methyl sites for hydroxylation is 1. The van der Waals surface area contributed by atoms with Gasteiger partial charge < -0.3 is 14.9 Å². The summed E-state index contributed by atoms with van der Waals surface area (Å²) < 4.78 is 15.1. The first-order valence-corrected chi connectivity index (χ1v) is 5.64. The summed E-state index contributed by atoms with van der Waals surface area (Å²) in [5.41, 5.74) is -1.39. The molecule has 0 fully saturated rings. The van der Waals surface area contributed by atoms with Gasteiger partial charge in [0.15, 0.2) is 5.82 Å². The number of pyridine rings is 2. The molecule has 0 unspecified atom stereocenters. The Labute approximate surface area is 111 Å². The fourth-order valence-electron chi connectivity index (χ4n) is 1.84. The second-order valence-electron chi connectivity index (χ2n) is 3.93. The van der Waals surface area contributed by atoms with Crippen molar-refractivity contribution in [1.82, 2.24) is 9.55 Å². The standard InChI is InChI=1S/C12H10FN3O4/c1-2-16-5-7(12(18)19)10(17)6-3-8(13)9(4-14-20)15-11(6)16/h3-5,20H,2H2,1H3,(H,18,19)/b14-4+. The van der Waals surface area contributed by atoms with Gasteiger partial charge in [0, 0.05) is 12.7 Å². The molecule has 2 N–H and O–H groups in total. The maximum Gasteiger partial charge on any atom is 0.341 e. The highest BCUT2D eigenvalue weighted by atomic mass is 19.1. The van der Waals surface area contributed by atoms with Crippen LogP contribution in [0.5, 0.6) is 0 Å². The maximum atomic E-state index is 13.7. The summed E-state index contributed by atoms with van der Waals surface area (Å²) >= 11 is 0. The van der Waals surface area contributed by atoms with Crippen molar-refractivity contribution in [2.75, 3.05) is 0 Å². The topological polar surface area (TPSA) is 105 Å². The summed E-state index contributed by atoms with van der Waals surface area (Å²) in [7, 11) is 0. The first kappa shape index (κ1) is 13.7. The van der Waals surface area contributed by atoms with E-state index in [0.717, 1.165) is 18.5 Å². The van der Waals surface area contributed by atoms with Crippen molar-refractivity contribution in [1.29, 1.82) is 0 Å². The fraction of sp³-hybridized carbons (Fsp3) is 0.167. The molecule has 0 radical (unpaired) electrons. The molecule has 0 amide bonds. The number of fused-ring (bicyclic) bond motifs is 1. The van der Waals surface area contributed by atoms with Crippen molar-refractivity contribution in [2.45, 2.75) is 13.5 Å². The van der Waals surface area contributed by atoms with E-state index < -0.39 is 22.8 Å². The molecule has 0 saturated heterocycles. The number of nitrogens with zero attached hydrogens (tertiary/aromatic N) is 3. The number of aromatic carboxylic acids is 1. The summed E-state index contributed by atoms with van der Waals surface area (Å²) in [6.45, 7) is 2.06. The highest BCUT2D eigenvalue weighted by molar-refractivity contribution is 5.92. The average molecular weight is 279 g/mol. The molecule has 2 aromatic rings. The zero-order valence-corrected chi connectivity index (χ0v) is 10.4. The van der Waals surface area contributed by atoms with Gasteiger partial charge in [-0.05, 0) is 13.0 Å². The molecule has 0 atom stereocenters. The first-order chi connectivity index (χ1) is 9.49. The van der Waals surface area contributed by atoms with E-state index >= 15 is 0 Å². The summed E-state index contributed by atoms with van der Waals surface area (Å²) in [6, 6.07) is 0.889. The summed E-state index contributed by atoms with van der Waals surface area (Å²) in [6.07, 6.45) is 1.95. The van der Waals surface area contributed by atoms with Gasteiger partial charge in [0.1, 0.15) is 16.9 Å². The number of hydrogen-bond donors (Lipinski definition) is 2. The third-order valence-electron chi connectivity index (χ3n) is 2.78. The quantitative estimate of drug-likeness (QED) is 0.496. The summed E-state index contributed by atoms with van der Waals surface area (Å²) in [4.78, 5) is 26.9. The van der Waals surface area contributed by atoms with Crippen LogP contribution in [0.3, 0.4) is 0 Å². The Morgan fingerprint density at radius 3 is 2.85 bits per heavy atom. The van der Waals surface area contributed by atoms with Crippen molar-refractivity contribution >= 4 is 23.2 Å². The van der Waals surface area contributed by atoms with Crippen molar-refractivity contribution in [3.63, 3.8) is 0 Å². The predicted octanol–water partition coefficient (Wildman–Crippen LogP) is 1.06. The second-order valence-corrected chi connectivity index (χ2v) is 3.93. The second kappa shape index (κ2) is 5.08. The van der Waals surface area contributed by atoms with Crippen LogP contribution >= 0.6 is 0 Å². The highest BCUT2D eigenvalue weighted by Gasteiger charge is 2.17. The van der Waals surface area contributed by atoms with Crippen LogP contribution in [0.1, 0.15) is 23.0 Å². The molecule has 0 aliphatic rings. The van der Waals surface area contributed by atoms with Crippen LogP contribution in [0.2, 0.25) is 0 Å². The summed E-state index contributed by atoms with van der Waals surface area (Å²) in [5.74, 6) is -2.27. The molecule has 0 bridgehead atoms. The Balaban J connectivity index is 2.93. The van der Waals surface area contributed by atoms with Crippen molar-refractivity contribution < 1.29 is 19.5 Å². The van der Waals surface area contributed by atoms with Gasteiger partial charge in [-0.2, -0.15) is 0 Å². The van der Waals surface area contributed by atoms with Crippen LogP contribution < -0.4 is 5.43 Å². The molecule has 0 aliphatic carbocycles. The molecular weight excluding hydrogens is 269 g/mol. The van der Waals surface area contributed by atoms with Gasteiger partial charge in [-0.3, -0.25) is 4.79 Å². The zero-order valence-electron chi connectivity index (χ0n) is 10.4. The number of carbonyl (C=O) groups is 1. The Morgan fingerprint density at radius 2 is 2.30 bits per heavy atom. The van der Waals surface area contributed by atoms with Crippen molar-refractivity contribution in [3.8, 4) is 0 Å². The lowest BCUT2D eigenvalue weighted by molar-refractivity contribution is 0.0695. The zero-order chi connectivity index (χ0) is 14.9. The molecule has 7 nitrogen and oxygen atoms in total. The Morgan fingerprint density at radius 1 is 1.60 bits per heavy atom. The molecule has 2 heterocycles. The SMILES string of the molecule is CCn1cc(C(=O)O)c(=O)c2cc(F)c(/C=N/O)nc21. The van der Waals surface area contributed by atoms with Gasteiger partial charge in [-0.15, -0.1) is 0 Å². The van der Waals surface area contributed by atoms with E-state index in [9.17, 15) is 14.0 Å². The van der Waals surface area contributed by atoms with Crippen molar-refractivity contribution in [3.05, 3.63) is 39.6 Å². The smallest absolute Gasteiger partial charge is 0.341 e. The molecule has 8 heteroatoms. The minimum atomic E-state index is -1.39. The van der Waals surface area contributed by atoms with Crippen molar-refractivity contribution in [2.24, 2.45) is 5.16 Å². The number of hydrogen-bond acceptors (Lipinski definition) is 5. The normalized spacial score (nSPS) is 11.3. The van der Waals surface area contributed by atoms with Crippen LogP contribution in [0.15, 0.2) is 22.2 Å². The molecule has 0 spiro atoms. The van der Waals surface area contributed by atoms with Gasteiger partial charge in [0.25, 0.3) is 0 Å². The first-order valence-electron chi connectivity index (χ1n) is 5.64. The van der Waals surface area contributed by atoms with Gasteiger partial charge in [0.2, 0.25) is 5.43 Å². The van der Waals surface area contributed by atoms with Crippen LogP contribution in [0.4, 0.5) is 4.39 Å². The van der Waals surface area contributed by atoms with E-state index in [1.54, 1.807) is 6.92 Å². The Bertz CT molecular complexity index is 782. The van der Waals surface area contributed by atoms with Gasteiger partial charge >= 0.3 is 5.97 Å². The minimum Gasteiger partial charge on any atom is -0.477 e. The van der Waals surface area contributed by atoms with E-state index in [1.807, 2.05) is 0 Å². The maximum absolute atomic E-state index is 13.7. The lowest BCUT2D eigenvalue weighted by atomic mass is 10.1. The number of carboxylic acid groups (broad SMARTS) is 1. The highest BCUT2D eigenvalue weighted by Crippen LogP contribution is 2.13. The Hall–Kier alpha value is -2.77. The molecule has 2 aromatic heterocycles. The number of halogens is 1. The number of carboxylic acids is 1. The molecular formula is C12H10FN3O4. The van der Waals surface area contributed by atoms with E-state index in [1.165, 1.54) is 4.57 Å². The average Bonchev–Trinajstić information content (AvgIpc) is 2.41. The monoisotopic (exact) mass is 279 g/mol. The largest absolute Gasteiger partial charge is 0.477 e. The van der Waals surface area contributed by atoms with E-state index in [4.69, 9.17) is 10.3 Å². The number of oxime groups is 1. The van der Waals surface area contributed by atoms with Crippen LogP contribution in [0.25, 0.3) is 11.0 Å². The van der Waals surface area contributed by atoms with E-state index in [-0.39, 0.29) is 16.7 Å². The van der Waals surface area contributed by atoms with Gasteiger partial charge in [0.05, 0.1) is 11.6 Å². The number of rotatable bonds is 3. The Kier molecular flexibility index (Phi) is 3.47.